The molecule has 41 heavy (non-hydrogen) atoms. The summed E-state index contributed by atoms with van der Waals surface area (Å²) in [6.07, 6.45) is 9.03. The number of carbonyl (C=O) groups is 1. The Morgan fingerprint density at radius 2 is 1.59 bits per heavy atom. The highest BCUT2D eigenvalue weighted by atomic mass is 16.5. The van der Waals surface area contributed by atoms with Crippen molar-refractivity contribution in [1.82, 2.24) is 15.1 Å². The summed E-state index contributed by atoms with van der Waals surface area (Å²) < 4.78 is 12.4. The van der Waals surface area contributed by atoms with Crippen LogP contribution in [0.2, 0.25) is 0 Å². The number of nitriles is 1. The monoisotopic (exact) mass is 550 g/mol. The first-order valence-corrected chi connectivity index (χ1v) is 14.9. The molecule has 1 atom stereocenters. The maximum Gasteiger partial charge on any atom is 0.287 e. The maximum absolute atomic E-state index is 13.0. The third kappa shape index (κ3) is 7.15. The molecular weight excluding hydrogens is 512 g/mol. The van der Waals surface area contributed by atoms with Crippen LogP contribution in [0.4, 0.5) is 0 Å². The number of fused-ring (bicyclic) bond motifs is 1. The number of amides is 1. The molecule has 3 aromatic rings. The van der Waals surface area contributed by atoms with Gasteiger partial charge in [-0.3, -0.25) is 14.6 Å². The number of nitrogens with one attached hydrogen (secondary N) is 1. The van der Waals surface area contributed by atoms with Crippen molar-refractivity contribution in [2.75, 3.05) is 26.2 Å². The number of rotatable bonds is 8. The zero-order chi connectivity index (χ0) is 28.0. The molecular formula is C34H38N4O3. The molecule has 1 amide bonds. The average Bonchev–Trinajstić information content (AvgIpc) is 3.44. The molecule has 0 spiro atoms. The summed E-state index contributed by atoms with van der Waals surface area (Å²) in [5, 5.41) is 13.1. The maximum atomic E-state index is 13.0. The molecule has 7 heteroatoms. The van der Waals surface area contributed by atoms with Crippen LogP contribution in [0.15, 0.2) is 65.1 Å². The van der Waals surface area contributed by atoms with Crippen LogP contribution < -0.4 is 16.0 Å². The third-order valence-electron chi connectivity index (χ3n) is 8.48. The number of nitrogens with zero attached hydrogens (tertiary/aromatic N) is 3. The van der Waals surface area contributed by atoms with Crippen molar-refractivity contribution >= 4 is 18.1 Å². The van der Waals surface area contributed by atoms with Crippen molar-refractivity contribution < 1.29 is 13.9 Å². The first-order chi connectivity index (χ1) is 20.1. The zero-order valence-electron chi connectivity index (χ0n) is 23.5. The molecule has 3 aliphatic rings. The van der Waals surface area contributed by atoms with Crippen LogP contribution in [-0.4, -0.2) is 60.1 Å². The highest BCUT2D eigenvalue weighted by molar-refractivity contribution is 5.91. The van der Waals surface area contributed by atoms with Gasteiger partial charge >= 0.3 is 0 Å². The Labute approximate surface area is 241 Å². The van der Waals surface area contributed by atoms with E-state index in [1.54, 1.807) is 0 Å². The Morgan fingerprint density at radius 1 is 0.927 bits per heavy atom. The van der Waals surface area contributed by atoms with Crippen LogP contribution in [0.1, 0.15) is 59.3 Å². The predicted octanol–water partition coefficient (Wildman–Crippen LogP) is 3.56. The van der Waals surface area contributed by atoms with Gasteiger partial charge < -0.3 is 14.5 Å². The quantitative estimate of drug-likeness (QED) is 0.462. The lowest BCUT2D eigenvalue weighted by molar-refractivity contribution is -0.0158. The first kappa shape index (κ1) is 27.5. The lowest BCUT2D eigenvalue weighted by atomic mass is 10.0. The molecule has 1 N–H and O–H groups in total. The van der Waals surface area contributed by atoms with Gasteiger partial charge in [-0.1, -0.05) is 42.5 Å². The van der Waals surface area contributed by atoms with Crippen LogP contribution in [0.25, 0.3) is 12.2 Å². The number of piperidine rings is 2. The molecule has 1 unspecified atom stereocenters. The standard InChI is InChI=1S/C34H38N4O3/c35-22-25-6-8-27(9-7-25)24-38-18-14-30(15-19-38)40-31-10-11-32-28(20-31)21-33(41-32)34(39)36-29-12-16-37(17-13-29)23-26-4-2-1-3-5-26/h1-9,11,20-21,29-31H,10,12-19,23-24H2,(H,36,39). The van der Waals surface area contributed by atoms with Gasteiger partial charge in [-0.25, -0.2) is 0 Å². The lowest BCUT2D eigenvalue weighted by Gasteiger charge is -2.33. The van der Waals surface area contributed by atoms with E-state index in [9.17, 15) is 4.79 Å². The van der Waals surface area contributed by atoms with Gasteiger partial charge in [0.25, 0.3) is 5.91 Å². The van der Waals surface area contributed by atoms with Gasteiger partial charge in [0.05, 0.1) is 23.8 Å². The molecule has 2 aromatic carbocycles. The lowest BCUT2D eigenvalue weighted by Crippen LogP contribution is -2.44. The van der Waals surface area contributed by atoms with E-state index in [0.717, 1.165) is 82.0 Å². The molecule has 1 aliphatic carbocycles. The second-order valence-corrected chi connectivity index (χ2v) is 11.5. The highest BCUT2D eigenvalue weighted by Crippen LogP contribution is 2.20. The van der Waals surface area contributed by atoms with Crippen LogP contribution in [-0.2, 0) is 17.8 Å². The summed E-state index contributed by atoms with van der Waals surface area (Å²) >= 11 is 0. The molecule has 2 aliphatic heterocycles. The van der Waals surface area contributed by atoms with Crippen LogP contribution in [0, 0.1) is 11.3 Å². The smallest absolute Gasteiger partial charge is 0.287 e. The number of benzene rings is 2. The van der Waals surface area contributed by atoms with Crippen molar-refractivity contribution in [2.45, 2.75) is 63.4 Å². The average molecular weight is 551 g/mol. The molecule has 2 fully saturated rings. The van der Waals surface area contributed by atoms with Gasteiger partial charge in [-0.05, 0) is 73.6 Å². The van der Waals surface area contributed by atoms with Gasteiger partial charge in [0.15, 0.2) is 5.76 Å². The normalized spacial score (nSPS) is 20.4. The Hall–Kier alpha value is -3.70. The molecule has 1 aromatic heterocycles. The van der Waals surface area contributed by atoms with E-state index < -0.39 is 0 Å². The summed E-state index contributed by atoms with van der Waals surface area (Å²) in [6, 6.07) is 22.6. The van der Waals surface area contributed by atoms with Crippen molar-refractivity contribution in [3.63, 3.8) is 0 Å². The second kappa shape index (κ2) is 12.9. The SMILES string of the molecule is N#Cc1ccc(CN2CCC(OC3C=c4cc(C(=O)NC5CCN(Cc6ccccc6)CC5)oc4=CC3)CC2)cc1. The third-order valence-corrected chi connectivity index (χ3v) is 8.48. The second-order valence-electron chi connectivity index (χ2n) is 11.5. The fourth-order valence-corrected chi connectivity index (χ4v) is 6.13. The van der Waals surface area contributed by atoms with E-state index in [1.165, 1.54) is 11.1 Å². The summed E-state index contributed by atoms with van der Waals surface area (Å²) in [6.45, 7) is 5.80. The van der Waals surface area contributed by atoms with Crippen molar-refractivity contribution in [2.24, 2.45) is 0 Å². The van der Waals surface area contributed by atoms with E-state index >= 15 is 0 Å². The van der Waals surface area contributed by atoms with E-state index in [2.05, 4.69) is 57.6 Å². The van der Waals surface area contributed by atoms with Crippen molar-refractivity contribution in [1.29, 1.82) is 5.26 Å². The van der Waals surface area contributed by atoms with Crippen LogP contribution >= 0.6 is 0 Å². The minimum Gasteiger partial charge on any atom is -0.451 e. The minimum absolute atomic E-state index is 0.0000272. The molecule has 0 saturated carbocycles. The summed E-state index contributed by atoms with van der Waals surface area (Å²) in [7, 11) is 0. The van der Waals surface area contributed by atoms with Crippen molar-refractivity contribution in [3.8, 4) is 6.07 Å². The summed E-state index contributed by atoms with van der Waals surface area (Å²) in [4.78, 5) is 17.9. The Balaban J connectivity index is 0.961. The van der Waals surface area contributed by atoms with Crippen molar-refractivity contribution in [3.05, 3.63) is 93.7 Å². The van der Waals surface area contributed by atoms with E-state index in [4.69, 9.17) is 14.4 Å². The minimum atomic E-state index is -0.130. The van der Waals surface area contributed by atoms with E-state index in [1.807, 2.05) is 36.4 Å². The van der Waals surface area contributed by atoms with E-state index in [-0.39, 0.29) is 24.2 Å². The topological polar surface area (TPSA) is 81.7 Å². The van der Waals surface area contributed by atoms with Crippen LogP contribution in [0.5, 0.6) is 0 Å². The Morgan fingerprint density at radius 3 is 2.27 bits per heavy atom. The Kier molecular flexibility index (Phi) is 8.62. The molecule has 212 valence electrons. The summed E-state index contributed by atoms with van der Waals surface area (Å²) in [5.74, 6) is 0.251. The highest BCUT2D eigenvalue weighted by Gasteiger charge is 2.25. The predicted molar refractivity (Wildman–Crippen MR) is 158 cm³/mol. The first-order valence-electron chi connectivity index (χ1n) is 14.9. The van der Waals surface area contributed by atoms with Gasteiger partial charge in [-0.15, -0.1) is 0 Å². The number of ether oxygens (including phenoxy) is 1. The van der Waals surface area contributed by atoms with Gasteiger partial charge in [0, 0.05) is 50.5 Å². The molecule has 6 rings (SSSR count). The molecule has 0 radical (unpaired) electrons. The van der Waals surface area contributed by atoms with E-state index in [0.29, 0.717) is 11.3 Å². The fraction of sp³-hybridized carbons (Fsp3) is 0.412. The van der Waals surface area contributed by atoms with Gasteiger partial charge in [0.2, 0.25) is 0 Å². The largest absolute Gasteiger partial charge is 0.451 e. The number of likely N-dealkylation sites (tertiary alicyclic amines) is 2. The number of furan rings is 1. The molecule has 3 heterocycles. The fourth-order valence-electron chi connectivity index (χ4n) is 6.13. The van der Waals surface area contributed by atoms with Crippen LogP contribution in [0.3, 0.4) is 0 Å². The number of carbonyl (C=O) groups excluding carboxylic acids is 1. The van der Waals surface area contributed by atoms with Gasteiger partial charge in [0.1, 0.15) is 5.42 Å². The zero-order valence-corrected chi connectivity index (χ0v) is 23.5. The Bertz CT molecular complexity index is 1480. The molecule has 7 nitrogen and oxygen atoms in total. The number of hydrogen-bond donors (Lipinski definition) is 1. The summed E-state index contributed by atoms with van der Waals surface area (Å²) in [5.41, 5.74) is 4.03. The van der Waals surface area contributed by atoms with Gasteiger partial charge in [-0.2, -0.15) is 5.26 Å². The number of hydrogen-bond acceptors (Lipinski definition) is 6. The molecule has 0 bridgehead atoms. The molecule has 2 saturated heterocycles.